The fourth-order valence-electron chi connectivity index (χ4n) is 5.34. The van der Waals surface area contributed by atoms with Crippen LogP contribution >= 0.6 is 0 Å². The fourth-order valence-corrected chi connectivity index (χ4v) is 6.27. The van der Waals surface area contributed by atoms with Gasteiger partial charge in [0, 0.05) is 31.6 Å². The van der Waals surface area contributed by atoms with Gasteiger partial charge in [-0.3, -0.25) is 4.57 Å². The second-order valence-electron chi connectivity index (χ2n) is 9.55. The molecule has 0 unspecified atom stereocenters. The summed E-state index contributed by atoms with van der Waals surface area (Å²) in [6.45, 7) is 6.14. The molecular formula is C25H28F2N8O4S. The number of halogens is 2. The fraction of sp³-hybridized carbons (Fsp3) is 0.440. The molecule has 5 heterocycles. The number of benzene rings is 1. The third-order valence-corrected chi connectivity index (χ3v) is 8.87. The number of hydrogen-bond donors (Lipinski definition) is 0. The highest BCUT2D eigenvalue weighted by atomic mass is 32.2. The van der Waals surface area contributed by atoms with Gasteiger partial charge in [-0.05, 0) is 25.0 Å². The smallest absolute Gasteiger partial charge is 0.296 e. The summed E-state index contributed by atoms with van der Waals surface area (Å²) in [5.41, 5.74) is 1.14. The van der Waals surface area contributed by atoms with E-state index in [9.17, 15) is 17.2 Å². The third kappa shape index (κ3) is 4.47. The van der Waals surface area contributed by atoms with Crippen molar-refractivity contribution in [3.05, 3.63) is 42.2 Å². The molecule has 0 aliphatic carbocycles. The molecule has 2 aliphatic rings. The summed E-state index contributed by atoms with van der Waals surface area (Å²) < 4.78 is 68.5. The van der Waals surface area contributed by atoms with Crippen molar-refractivity contribution in [2.45, 2.75) is 25.3 Å². The average Bonchev–Trinajstić information content (AvgIpc) is 3.59. The van der Waals surface area contributed by atoms with Crippen molar-refractivity contribution in [1.29, 1.82) is 0 Å². The standard InChI is InChI=1S/C25H28F2N8O4S/c1-3-40(36,37)33-9-7-16(8-10-33)35-23-17(15-28-35)22(32-11-13-39-14-12-32)30-25(31-23)34-18-5-4-6-19(38-2)20(18)29-24(34)21(26)27/h3-6,15-16,21H,1,7-14H2,2H3. The van der Waals surface area contributed by atoms with Crippen molar-refractivity contribution in [3.63, 3.8) is 0 Å². The van der Waals surface area contributed by atoms with Crippen LogP contribution in [0.5, 0.6) is 5.75 Å². The first-order chi connectivity index (χ1) is 19.3. The SMILES string of the molecule is C=CS(=O)(=O)N1CCC(n2ncc3c(N4CCOCC4)nc(-n4c(C(F)F)nc5c(OC)cccc54)nc32)CC1. The molecule has 4 aromatic rings. The number of ether oxygens (including phenoxy) is 2. The number of anilines is 1. The van der Waals surface area contributed by atoms with Gasteiger partial charge in [0.1, 0.15) is 17.1 Å². The quantitative estimate of drug-likeness (QED) is 0.328. The van der Waals surface area contributed by atoms with Crippen LogP contribution in [0.15, 0.2) is 36.4 Å². The summed E-state index contributed by atoms with van der Waals surface area (Å²) in [5, 5.41) is 6.25. The molecule has 12 nitrogen and oxygen atoms in total. The molecule has 2 saturated heterocycles. The van der Waals surface area contributed by atoms with Crippen LogP contribution in [0.3, 0.4) is 0 Å². The van der Waals surface area contributed by atoms with Gasteiger partial charge in [0.15, 0.2) is 11.5 Å². The zero-order valence-corrected chi connectivity index (χ0v) is 22.6. The number of methoxy groups -OCH3 is 1. The maximum absolute atomic E-state index is 14.3. The highest BCUT2D eigenvalue weighted by Gasteiger charge is 2.31. The lowest BCUT2D eigenvalue weighted by Crippen LogP contribution is -2.38. The van der Waals surface area contributed by atoms with Gasteiger partial charge in [0.25, 0.3) is 6.43 Å². The minimum atomic E-state index is -3.52. The summed E-state index contributed by atoms with van der Waals surface area (Å²) in [6, 6.07) is 4.88. The van der Waals surface area contributed by atoms with Gasteiger partial charge in [-0.25, -0.2) is 26.9 Å². The molecule has 0 amide bonds. The molecule has 212 valence electrons. The molecule has 2 fully saturated rings. The van der Waals surface area contributed by atoms with E-state index in [-0.39, 0.29) is 17.5 Å². The van der Waals surface area contributed by atoms with Crippen LogP contribution in [-0.2, 0) is 14.8 Å². The Hall–Kier alpha value is -3.69. The molecule has 2 aliphatic heterocycles. The van der Waals surface area contributed by atoms with Gasteiger partial charge in [-0.1, -0.05) is 12.6 Å². The van der Waals surface area contributed by atoms with Crippen molar-refractivity contribution in [3.8, 4) is 11.7 Å². The lowest BCUT2D eigenvalue weighted by atomic mass is 10.1. The number of hydrogen-bond acceptors (Lipinski definition) is 9. The Morgan fingerprint density at radius 1 is 1.12 bits per heavy atom. The van der Waals surface area contributed by atoms with Crippen LogP contribution in [0.1, 0.15) is 31.1 Å². The molecule has 0 bridgehead atoms. The predicted molar refractivity (Wildman–Crippen MR) is 143 cm³/mol. The second kappa shape index (κ2) is 10.4. The number of para-hydroxylation sites is 1. The van der Waals surface area contributed by atoms with E-state index in [0.29, 0.717) is 80.4 Å². The van der Waals surface area contributed by atoms with Crippen molar-refractivity contribution >= 4 is 37.9 Å². The van der Waals surface area contributed by atoms with Crippen LogP contribution in [-0.4, -0.2) is 88.5 Å². The highest BCUT2D eigenvalue weighted by molar-refractivity contribution is 7.92. The number of imidazole rings is 1. The van der Waals surface area contributed by atoms with Gasteiger partial charge >= 0.3 is 0 Å². The van der Waals surface area contributed by atoms with Crippen molar-refractivity contribution in [2.75, 3.05) is 51.4 Å². The van der Waals surface area contributed by atoms with E-state index in [1.165, 1.54) is 16.0 Å². The predicted octanol–water partition coefficient (Wildman–Crippen LogP) is 3.06. The minimum absolute atomic E-state index is 0.0356. The molecule has 0 spiro atoms. The molecule has 0 radical (unpaired) electrons. The first kappa shape index (κ1) is 26.5. The maximum Gasteiger partial charge on any atom is 0.296 e. The molecule has 0 atom stereocenters. The zero-order valence-electron chi connectivity index (χ0n) is 21.8. The van der Waals surface area contributed by atoms with Crippen LogP contribution in [0.2, 0.25) is 0 Å². The second-order valence-corrected chi connectivity index (χ2v) is 11.4. The average molecular weight is 575 g/mol. The Morgan fingerprint density at radius 3 is 2.55 bits per heavy atom. The first-order valence-corrected chi connectivity index (χ1v) is 14.4. The highest BCUT2D eigenvalue weighted by Crippen LogP contribution is 2.35. The van der Waals surface area contributed by atoms with E-state index in [4.69, 9.17) is 19.4 Å². The number of rotatable bonds is 7. The van der Waals surface area contributed by atoms with Crippen molar-refractivity contribution < 1.29 is 26.7 Å². The Balaban J connectivity index is 1.51. The van der Waals surface area contributed by atoms with E-state index in [1.54, 1.807) is 29.1 Å². The molecule has 6 rings (SSSR count). The number of nitrogens with zero attached hydrogens (tertiary/aromatic N) is 8. The van der Waals surface area contributed by atoms with Gasteiger partial charge in [-0.15, -0.1) is 0 Å². The molecule has 0 saturated carbocycles. The van der Waals surface area contributed by atoms with Gasteiger partial charge in [-0.2, -0.15) is 19.4 Å². The van der Waals surface area contributed by atoms with Gasteiger partial charge in [0.05, 0.1) is 43.5 Å². The molecular weight excluding hydrogens is 546 g/mol. The van der Waals surface area contributed by atoms with Crippen molar-refractivity contribution in [1.82, 2.24) is 33.6 Å². The zero-order chi connectivity index (χ0) is 28.0. The summed E-state index contributed by atoms with van der Waals surface area (Å²) in [6.07, 6.45) is -0.211. The number of piperidine rings is 1. The number of aromatic nitrogens is 6. The van der Waals surface area contributed by atoms with Crippen LogP contribution in [0.25, 0.3) is 28.0 Å². The summed E-state index contributed by atoms with van der Waals surface area (Å²) in [4.78, 5) is 15.8. The summed E-state index contributed by atoms with van der Waals surface area (Å²) in [7, 11) is -2.06. The number of morpholine rings is 1. The summed E-state index contributed by atoms with van der Waals surface area (Å²) >= 11 is 0. The molecule has 3 aromatic heterocycles. The Kier molecular flexibility index (Phi) is 6.88. The van der Waals surface area contributed by atoms with Crippen LogP contribution < -0.4 is 9.64 Å². The van der Waals surface area contributed by atoms with E-state index in [1.807, 2.05) is 4.90 Å². The normalized spacial score (nSPS) is 17.8. The number of alkyl halides is 2. The maximum atomic E-state index is 14.3. The topological polar surface area (TPSA) is 121 Å². The first-order valence-electron chi connectivity index (χ1n) is 12.9. The van der Waals surface area contributed by atoms with Gasteiger partial charge in [0.2, 0.25) is 16.0 Å². The number of sulfonamides is 1. The molecule has 1 aromatic carbocycles. The summed E-state index contributed by atoms with van der Waals surface area (Å²) in [5.74, 6) is 0.458. The van der Waals surface area contributed by atoms with Gasteiger partial charge < -0.3 is 14.4 Å². The molecule has 15 heteroatoms. The Morgan fingerprint density at radius 2 is 1.88 bits per heavy atom. The van der Waals surface area contributed by atoms with Crippen LogP contribution in [0.4, 0.5) is 14.6 Å². The number of fused-ring (bicyclic) bond motifs is 2. The minimum Gasteiger partial charge on any atom is -0.494 e. The Labute approximate surface area is 228 Å². The van der Waals surface area contributed by atoms with Crippen molar-refractivity contribution in [2.24, 2.45) is 0 Å². The van der Waals surface area contributed by atoms with E-state index in [2.05, 4.69) is 16.7 Å². The third-order valence-electron chi connectivity index (χ3n) is 7.36. The van der Waals surface area contributed by atoms with E-state index < -0.39 is 22.3 Å². The molecule has 40 heavy (non-hydrogen) atoms. The van der Waals surface area contributed by atoms with E-state index >= 15 is 0 Å². The monoisotopic (exact) mass is 574 g/mol. The van der Waals surface area contributed by atoms with Crippen LogP contribution in [0, 0.1) is 0 Å². The Bertz CT molecular complexity index is 1680. The largest absolute Gasteiger partial charge is 0.494 e. The lowest BCUT2D eigenvalue weighted by Gasteiger charge is -2.31. The molecule has 0 N–H and O–H groups in total. The lowest BCUT2D eigenvalue weighted by molar-refractivity contribution is 0.122. The van der Waals surface area contributed by atoms with E-state index in [0.717, 1.165) is 5.41 Å².